The van der Waals surface area contributed by atoms with Gasteiger partial charge in [-0.15, -0.1) is 0 Å². The van der Waals surface area contributed by atoms with E-state index in [0.717, 1.165) is 75.0 Å². The Labute approximate surface area is 224 Å². The van der Waals surface area contributed by atoms with E-state index in [2.05, 4.69) is 41.5 Å². The maximum Gasteiger partial charge on any atom is 0.308 e. The van der Waals surface area contributed by atoms with E-state index >= 15 is 0 Å². The number of esters is 2. The lowest BCUT2D eigenvalue weighted by Crippen LogP contribution is -2.28. The standard InChI is InChI=1S/C32H60O4/c1-7-13-25(3)23-27(5)15-9-11-21-35-31(33)29-17-19-30(20-18-29)32(34)36-22-12-10-16-28(6)24-26(4)14-8-2/h25-30H,7-24H2,1-6H3. The molecule has 0 bridgehead atoms. The average molecular weight is 509 g/mol. The fourth-order valence-electron chi connectivity index (χ4n) is 6.17. The summed E-state index contributed by atoms with van der Waals surface area (Å²) in [5, 5.41) is 0. The minimum absolute atomic E-state index is 0.0422. The summed E-state index contributed by atoms with van der Waals surface area (Å²) in [6.07, 6.45) is 17.4. The minimum Gasteiger partial charge on any atom is -0.465 e. The zero-order valence-electron chi connectivity index (χ0n) is 24.8. The monoisotopic (exact) mass is 508 g/mol. The summed E-state index contributed by atoms with van der Waals surface area (Å²) in [4.78, 5) is 24.9. The fraction of sp³-hybridized carbons (Fsp3) is 0.938. The molecule has 36 heavy (non-hydrogen) atoms. The Bertz CT molecular complexity index is 517. The van der Waals surface area contributed by atoms with Crippen LogP contribution in [-0.2, 0) is 19.1 Å². The Morgan fingerprint density at radius 3 is 1.25 bits per heavy atom. The lowest BCUT2D eigenvalue weighted by molar-refractivity contribution is -0.155. The van der Waals surface area contributed by atoms with Gasteiger partial charge in [0, 0.05) is 0 Å². The van der Waals surface area contributed by atoms with Crippen molar-refractivity contribution in [2.75, 3.05) is 13.2 Å². The van der Waals surface area contributed by atoms with Gasteiger partial charge in [0.05, 0.1) is 25.0 Å². The van der Waals surface area contributed by atoms with Crippen molar-refractivity contribution in [2.24, 2.45) is 35.5 Å². The molecule has 0 aromatic rings. The highest BCUT2D eigenvalue weighted by atomic mass is 16.5. The number of ether oxygens (including phenoxy) is 2. The number of hydrogen-bond donors (Lipinski definition) is 0. The van der Waals surface area contributed by atoms with Gasteiger partial charge >= 0.3 is 11.9 Å². The van der Waals surface area contributed by atoms with Crippen molar-refractivity contribution >= 4 is 11.9 Å². The van der Waals surface area contributed by atoms with E-state index < -0.39 is 0 Å². The summed E-state index contributed by atoms with van der Waals surface area (Å²) in [5.41, 5.74) is 0. The van der Waals surface area contributed by atoms with Gasteiger partial charge in [-0.05, 0) is 87.9 Å². The molecule has 0 aromatic carbocycles. The zero-order valence-corrected chi connectivity index (χ0v) is 24.8. The number of hydrogen-bond acceptors (Lipinski definition) is 4. The molecule has 1 aliphatic rings. The molecule has 4 nitrogen and oxygen atoms in total. The van der Waals surface area contributed by atoms with Gasteiger partial charge in [0.1, 0.15) is 0 Å². The smallest absolute Gasteiger partial charge is 0.308 e. The van der Waals surface area contributed by atoms with Crippen LogP contribution in [0.4, 0.5) is 0 Å². The first kappa shape index (κ1) is 33.0. The second kappa shape index (κ2) is 20.0. The highest BCUT2D eigenvalue weighted by Gasteiger charge is 2.31. The summed E-state index contributed by atoms with van der Waals surface area (Å²) in [7, 11) is 0. The van der Waals surface area contributed by atoms with Gasteiger partial charge in [0.2, 0.25) is 0 Å². The molecule has 0 radical (unpaired) electrons. The fourth-order valence-corrected chi connectivity index (χ4v) is 6.17. The van der Waals surface area contributed by atoms with Gasteiger partial charge in [0.25, 0.3) is 0 Å². The first-order valence-electron chi connectivity index (χ1n) is 15.6. The van der Waals surface area contributed by atoms with Crippen LogP contribution in [0, 0.1) is 35.5 Å². The predicted molar refractivity (Wildman–Crippen MR) is 151 cm³/mol. The summed E-state index contributed by atoms with van der Waals surface area (Å²) in [5.74, 6) is 2.92. The molecule has 1 aliphatic carbocycles. The first-order chi connectivity index (χ1) is 17.3. The van der Waals surface area contributed by atoms with Crippen LogP contribution in [0.25, 0.3) is 0 Å². The molecule has 0 aliphatic heterocycles. The molecule has 0 heterocycles. The molecule has 1 fully saturated rings. The molecular formula is C32H60O4. The highest BCUT2D eigenvalue weighted by molar-refractivity contribution is 5.75. The van der Waals surface area contributed by atoms with Crippen molar-refractivity contribution in [2.45, 2.75) is 144 Å². The molecule has 0 N–H and O–H groups in total. The minimum atomic E-state index is -0.0613. The topological polar surface area (TPSA) is 52.6 Å². The van der Waals surface area contributed by atoms with Crippen LogP contribution >= 0.6 is 0 Å². The molecule has 0 aromatic heterocycles. The third kappa shape index (κ3) is 15.3. The van der Waals surface area contributed by atoms with Crippen LogP contribution < -0.4 is 0 Å². The van der Waals surface area contributed by atoms with Gasteiger partial charge in [-0.2, -0.15) is 0 Å². The van der Waals surface area contributed by atoms with E-state index in [1.165, 1.54) is 51.4 Å². The van der Waals surface area contributed by atoms with Crippen molar-refractivity contribution in [3.63, 3.8) is 0 Å². The van der Waals surface area contributed by atoms with E-state index in [4.69, 9.17) is 9.47 Å². The van der Waals surface area contributed by atoms with E-state index in [1.54, 1.807) is 0 Å². The van der Waals surface area contributed by atoms with Crippen molar-refractivity contribution in [1.29, 1.82) is 0 Å². The van der Waals surface area contributed by atoms with Crippen LogP contribution in [0.15, 0.2) is 0 Å². The summed E-state index contributed by atoms with van der Waals surface area (Å²) in [6.45, 7) is 15.0. The van der Waals surface area contributed by atoms with Crippen molar-refractivity contribution < 1.29 is 19.1 Å². The van der Waals surface area contributed by atoms with Crippen molar-refractivity contribution in [1.82, 2.24) is 0 Å². The van der Waals surface area contributed by atoms with Crippen LogP contribution in [-0.4, -0.2) is 25.2 Å². The van der Waals surface area contributed by atoms with E-state index in [9.17, 15) is 9.59 Å². The molecule has 212 valence electrons. The number of rotatable bonds is 20. The Kier molecular flexibility index (Phi) is 18.3. The Balaban J connectivity index is 2.08. The molecule has 0 amide bonds. The van der Waals surface area contributed by atoms with Gasteiger partial charge in [0.15, 0.2) is 0 Å². The van der Waals surface area contributed by atoms with Gasteiger partial charge in [-0.3, -0.25) is 9.59 Å². The number of carbonyl (C=O) groups is 2. The van der Waals surface area contributed by atoms with Gasteiger partial charge in [-0.25, -0.2) is 0 Å². The summed E-state index contributed by atoms with van der Waals surface area (Å²) in [6, 6.07) is 0. The van der Waals surface area contributed by atoms with E-state index in [-0.39, 0.29) is 23.8 Å². The second-order valence-electron chi connectivity index (χ2n) is 12.3. The second-order valence-corrected chi connectivity index (χ2v) is 12.3. The molecule has 0 saturated heterocycles. The van der Waals surface area contributed by atoms with E-state index in [1.807, 2.05) is 0 Å². The van der Waals surface area contributed by atoms with Gasteiger partial charge in [-0.1, -0.05) is 80.1 Å². The number of unbranched alkanes of at least 4 members (excludes halogenated alkanes) is 2. The Morgan fingerprint density at radius 1 is 0.583 bits per heavy atom. The van der Waals surface area contributed by atoms with Crippen molar-refractivity contribution in [3.05, 3.63) is 0 Å². The van der Waals surface area contributed by atoms with Crippen LogP contribution in [0.1, 0.15) is 144 Å². The SMILES string of the molecule is CCCC(C)CC(C)CCCCOC(=O)C1CCC(C(=O)OCCCCC(C)CC(C)CCC)CC1. The summed E-state index contributed by atoms with van der Waals surface area (Å²) >= 11 is 0. The molecule has 1 saturated carbocycles. The van der Waals surface area contributed by atoms with Crippen LogP contribution in [0.2, 0.25) is 0 Å². The quantitative estimate of drug-likeness (QED) is 0.121. The largest absolute Gasteiger partial charge is 0.465 e. The lowest BCUT2D eigenvalue weighted by atomic mass is 9.82. The third-order valence-corrected chi connectivity index (χ3v) is 8.24. The zero-order chi connectivity index (χ0) is 26.8. The molecular weight excluding hydrogens is 448 g/mol. The van der Waals surface area contributed by atoms with E-state index in [0.29, 0.717) is 13.2 Å². The maximum absolute atomic E-state index is 12.5. The molecule has 4 heteroatoms. The maximum atomic E-state index is 12.5. The molecule has 1 rings (SSSR count). The van der Waals surface area contributed by atoms with Crippen LogP contribution in [0.3, 0.4) is 0 Å². The summed E-state index contributed by atoms with van der Waals surface area (Å²) < 4.78 is 11.1. The Morgan fingerprint density at radius 2 is 0.917 bits per heavy atom. The Hall–Kier alpha value is -1.06. The average Bonchev–Trinajstić information content (AvgIpc) is 2.83. The number of carbonyl (C=O) groups excluding carboxylic acids is 2. The molecule has 4 unspecified atom stereocenters. The predicted octanol–water partition coefficient (Wildman–Crippen LogP) is 9.14. The normalized spacial score (nSPS) is 21.4. The van der Waals surface area contributed by atoms with Crippen molar-refractivity contribution in [3.8, 4) is 0 Å². The van der Waals surface area contributed by atoms with Gasteiger partial charge < -0.3 is 9.47 Å². The third-order valence-electron chi connectivity index (χ3n) is 8.24. The molecule has 4 atom stereocenters. The van der Waals surface area contributed by atoms with Crippen LogP contribution in [0.5, 0.6) is 0 Å². The first-order valence-corrected chi connectivity index (χ1v) is 15.6. The highest BCUT2D eigenvalue weighted by Crippen LogP contribution is 2.31. The molecule has 0 spiro atoms. The lowest BCUT2D eigenvalue weighted by Gasteiger charge is -2.26.